The van der Waals surface area contributed by atoms with Crippen LogP contribution in [0.1, 0.15) is 36.2 Å². The summed E-state index contributed by atoms with van der Waals surface area (Å²) in [5, 5.41) is 5.74. The lowest BCUT2D eigenvalue weighted by atomic mass is 10.2. The molecule has 2 aromatic rings. The van der Waals surface area contributed by atoms with Crippen LogP contribution in [0.2, 0.25) is 0 Å². The Bertz CT molecular complexity index is 657. The molecule has 1 aromatic heterocycles. The zero-order valence-corrected chi connectivity index (χ0v) is 15.8. The van der Waals surface area contributed by atoms with Crippen molar-refractivity contribution in [2.24, 2.45) is 0 Å². The number of carbonyl (C=O) groups excluding carboxylic acids is 1. The number of benzene rings is 1. The quantitative estimate of drug-likeness (QED) is 0.694. The summed E-state index contributed by atoms with van der Waals surface area (Å²) in [4.78, 5) is 16.6. The molecule has 4 nitrogen and oxygen atoms in total. The lowest BCUT2D eigenvalue weighted by Gasteiger charge is -2.07. The van der Waals surface area contributed by atoms with E-state index in [1.807, 2.05) is 44.4 Å². The maximum Gasteiger partial charge on any atom is 0.230 e. The molecule has 0 saturated carbocycles. The summed E-state index contributed by atoms with van der Waals surface area (Å²) in [7, 11) is 0. The van der Waals surface area contributed by atoms with Crippen LogP contribution in [0, 0.1) is 10.5 Å². The molecule has 0 aliphatic heterocycles. The van der Waals surface area contributed by atoms with E-state index in [0.29, 0.717) is 6.61 Å². The van der Waals surface area contributed by atoms with E-state index in [1.165, 1.54) is 16.9 Å². The number of nitrogens with zero attached hydrogens (tertiary/aromatic N) is 1. The molecular formula is C16H19IN2O2S. The van der Waals surface area contributed by atoms with Crippen molar-refractivity contribution in [2.45, 2.75) is 33.3 Å². The van der Waals surface area contributed by atoms with E-state index in [2.05, 4.69) is 32.9 Å². The summed E-state index contributed by atoms with van der Waals surface area (Å²) in [5.74, 6) is -0.0550. The van der Waals surface area contributed by atoms with E-state index in [9.17, 15) is 4.79 Å². The molecule has 0 aliphatic carbocycles. The number of nitrogens with one attached hydrogen (secondary N) is 1. The van der Waals surface area contributed by atoms with Gasteiger partial charge in [-0.2, -0.15) is 0 Å². The predicted octanol–water partition coefficient (Wildman–Crippen LogP) is 4.33. The van der Waals surface area contributed by atoms with Crippen molar-refractivity contribution in [3.63, 3.8) is 0 Å². The van der Waals surface area contributed by atoms with Crippen LogP contribution in [0.25, 0.3) is 0 Å². The Morgan fingerprint density at radius 1 is 1.50 bits per heavy atom. The summed E-state index contributed by atoms with van der Waals surface area (Å²) in [6, 6.07) is 5.89. The molecule has 1 heterocycles. The van der Waals surface area contributed by atoms with Gasteiger partial charge >= 0.3 is 0 Å². The van der Waals surface area contributed by atoms with Crippen LogP contribution in [0.5, 0.6) is 0 Å². The Kier molecular flexibility index (Phi) is 6.34. The summed E-state index contributed by atoms with van der Waals surface area (Å²) in [6.07, 6.45) is 0.255. The first-order valence-corrected chi connectivity index (χ1v) is 9.07. The third kappa shape index (κ3) is 4.76. The number of amides is 1. The molecule has 0 bridgehead atoms. The smallest absolute Gasteiger partial charge is 0.230 e. The Hall–Kier alpha value is -0.990. The molecule has 0 fully saturated rings. The van der Waals surface area contributed by atoms with Gasteiger partial charge in [0.15, 0.2) is 0 Å². The molecule has 2 rings (SSSR count). The molecule has 0 aliphatic rings. The van der Waals surface area contributed by atoms with Gasteiger partial charge in [-0.05, 0) is 61.1 Å². The minimum absolute atomic E-state index is 0.0227. The summed E-state index contributed by atoms with van der Waals surface area (Å²) in [5.41, 5.74) is 2.80. The van der Waals surface area contributed by atoms with Gasteiger partial charge in [0.1, 0.15) is 11.1 Å². The topological polar surface area (TPSA) is 51.2 Å². The van der Waals surface area contributed by atoms with Crippen molar-refractivity contribution in [3.05, 3.63) is 43.4 Å². The molecule has 0 spiro atoms. The predicted molar refractivity (Wildman–Crippen MR) is 98.4 cm³/mol. The highest BCUT2D eigenvalue weighted by Gasteiger charge is 2.13. The zero-order chi connectivity index (χ0) is 16.1. The standard InChI is InChI=1S/C16H19IN2O2S/c1-4-21-11(3)16-19-13(9-22-16)8-15(20)18-12-6-5-10(2)14(17)7-12/h5-7,9,11H,4,8H2,1-3H3,(H,18,20). The van der Waals surface area contributed by atoms with Gasteiger partial charge in [0, 0.05) is 21.2 Å². The number of ether oxygens (including phenoxy) is 1. The van der Waals surface area contributed by atoms with Gasteiger partial charge in [0.25, 0.3) is 0 Å². The number of aryl methyl sites for hydroxylation is 1. The Balaban J connectivity index is 1.95. The second kappa shape index (κ2) is 8.03. The molecule has 6 heteroatoms. The number of halogens is 1. The monoisotopic (exact) mass is 430 g/mol. The first-order valence-electron chi connectivity index (χ1n) is 7.11. The Morgan fingerprint density at radius 2 is 2.27 bits per heavy atom. The lowest BCUT2D eigenvalue weighted by molar-refractivity contribution is -0.115. The molecule has 1 N–H and O–H groups in total. The van der Waals surface area contributed by atoms with Crippen LogP contribution in [-0.2, 0) is 16.0 Å². The number of hydrogen-bond donors (Lipinski definition) is 1. The summed E-state index contributed by atoms with van der Waals surface area (Å²) < 4.78 is 6.65. The van der Waals surface area contributed by atoms with Gasteiger partial charge in [-0.3, -0.25) is 4.79 Å². The van der Waals surface area contributed by atoms with Crippen LogP contribution in [0.3, 0.4) is 0 Å². The zero-order valence-electron chi connectivity index (χ0n) is 12.9. The molecule has 0 saturated heterocycles. The van der Waals surface area contributed by atoms with Gasteiger partial charge in [0.2, 0.25) is 5.91 Å². The molecular weight excluding hydrogens is 411 g/mol. The van der Waals surface area contributed by atoms with E-state index >= 15 is 0 Å². The highest BCUT2D eigenvalue weighted by atomic mass is 127. The van der Waals surface area contributed by atoms with Crippen molar-refractivity contribution in [2.75, 3.05) is 11.9 Å². The van der Waals surface area contributed by atoms with Crippen LogP contribution in [0.4, 0.5) is 5.69 Å². The molecule has 1 unspecified atom stereocenters. The Morgan fingerprint density at radius 3 is 2.95 bits per heavy atom. The third-order valence-corrected chi connectivity index (χ3v) is 5.35. The second-order valence-electron chi connectivity index (χ2n) is 4.96. The lowest BCUT2D eigenvalue weighted by Crippen LogP contribution is -2.15. The van der Waals surface area contributed by atoms with Crippen molar-refractivity contribution in [1.82, 2.24) is 4.98 Å². The average Bonchev–Trinajstić information content (AvgIpc) is 2.91. The van der Waals surface area contributed by atoms with Crippen molar-refractivity contribution < 1.29 is 9.53 Å². The Labute approximate surface area is 148 Å². The molecule has 1 amide bonds. The van der Waals surface area contributed by atoms with E-state index in [0.717, 1.165) is 20.0 Å². The molecule has 1 atom stereocenters. The summed E-state index contributed by atoms with van der Waals surface area (Å²) in [6.45, 7) is 6.63. The van der Waals surface area contributed by atoms with E-state index in [1.54, 1.807) is 0 Å². The van der Waals surface area contributed by atoms with Crippen molar-refractivity contribution in [1.29, 1.82) is 0 Å². The highest BCUT2D eigenvalue weighted by Crippen LogP contribution is 2.22. The number of thiazole rings is 1. The van der Waals surface area contributed by atoms with Crippen molar-refractivity contribution >= 4 is 45.5 Å². The van der Waals surface area contributed by atoms with Gasteiger partial charge in [-0.15, -0.1) is 11.3 Å². The third-order valence-electron chi connectivity index (χ3n) is 3.13. The molecule has 1 aromatic carbocycles. The van der Waals surface area contributed by atoms with Crippen LogP contribution >= 0.6 is 33.9 Å². The van der Waals surface area contributed by atoms with Crippen LogP contribution < -0.4 is 5.32 Å². The number of hydrogen-bond acceptors (Lipinski definition) is 4. The number of anilines is 1. The molecule has 22 heavy (non-hydrogen) atoms. The molecule has 0 radical (unpaired) electrons. The molecule has 118 valence electrons. The fourth-order valence-electron chi connectivity index (χ4n) is 1.95. The van der Waals surface area contributed by atoms with E-state index in [4.69, 9.17) is 4.74 Å². The second-order valence-corrected chi connectivity index (χ2v) is 7.02. The number of rotatable bonds is 6. The number of aromatic nitrogens is 1. The number of carbonyl (C=O) groups is 1. The van der Waals surface area contributed by atoms with E-state index < -0.39 is 0 Å². The van der Waals surface area contributed by atoms with Gasteiger partial charge < -0.3 is 10.1 Å². The maximum absolute atomic E-state index is 12.1. The largest absolute Gasteiger partial charge is 0.372 e. The van der Waals surface area contributed by atoms with Gasteiger partial charge in [0.05, 0.1) is 12.1 Å². The minimum Gasteiger partial charge on any atom is -0.372 e. The fraction of sp³-hybridized carbons (Fsp3) is 0.375. The van der Waals surface area contributed by atoms with E-state index in [-0.39, 0.29) is 18.4 Å². The SMILES string of the molecule is CCOC(C)c1nc(CC(=O)Nc2ccc(C)c(I)c2)cs1. The first-order chi connectivity index (χ1) is 10.5. The van der Waals surface area contributed by atoms with Gasteiger partial charge in [-0.1, -0.05) is 6.07 Å². The maximum atomic E-state index is 12.1. The van der Waals surface area contributed by atoms with Crippen molar-refractivity contribution in [3.8, 4) is 0 Å². The van der Waals surface area contributed by atoms with Gasteiger partial charge in [-0.25, -0.2) is 4.98 Å². The fourth-order valence-corrected chi connectivity index (χ4v) is 3.29. The first kappa shape index (κ1) is 17.4. The normalized spacial score (nSPS) is 12.2. The summed E-state index contributed by atoms with van der Waals surface area (Å²) >= 11 is 3.80. The highest BCUT2D eigenvalue weighted by molar-refractivity contribution is 14.1. The van der Waals surface area contributed by atoms with Crippen LogP contribution in [-0.4, -0.2) is 17.5 Å². The minimum atomic E-state index is -0.0550. The average molecular weight is 430 g/mol. The van der Waals surface area contributed by atoms with Crippen LogP contribution in [0.15, 0.2) is 23.6 Å².